The van der Waals surface area contributed by atoms with Crippen LogP contribution in [0.1, 0.15) is 51.3 Å². The summed E-state index contributed by atoms with van der Waals surface area (Å²) in [5.41, 5.74) is 7.34. The molecule has 1 aromatic carbocycles. The molecule has 1 unspecified atom stereocenters. The van der Waals surface area contributed by atoms with Crippen LogP contribution in [0.4, 0.5) is 0 Å². The Balaban J connectivity index is 1.73. The third-order valence-corrected chi connectivity index (χ3v) is 5.33. The van der Waals surface area contributed by atoms with Gasteiger partial charge in [-0.3, -0.25) is 0 Å². The van der Waals surface area contributed by atoms with Gasteiger partial charge in [-0.05, 0) is 67.7 Å². The lowest BCUT2D eigenvalue weighted by atomic mass is 9.74. The van der Waals surface area contributed by atoms with E-state index in [1.54, 1.807) is 0 Å². The van der Waals surface area contributed by atoms with Gasteiger partial charge in [-0.25, -0.2) is 0 Å². The topological polar surface area (TPSA) is 39.2 Å². The zero-order chi connectivity index (χ0) is 15.0. The summed E-state index contributed by atoms with van der Waals surface area (Å²) in [5, 5.41) is 1.78. The monoisotopic (exact) mass is 305 g/mol. The highest BCUT2D eigenvalue weighted by Gasteiger charge is 2.29. The molecule has 1 saturated carbocycles. The first-order chi connectivity index (χ1) is 10.0. The van der Waals surface area contributed by atoms with E-state index in [4.69, 9.17) is 21.8 Å². The lowest BCUT2D eigenvalue weighted by Crippen LogP contribution is -2.27. The Morgan fingerprint density at radius 1 is 1.10 bits per heavy atom. The van der Waals surface area contributed by atoms with E-state index in [1.807, 2.05) is 18.2 Å². The van der Waals surface area contributed by atoms with Gasteiger partial charge in [0.05, 0.1) is 6.04 Å². The molecule has 1 aliphatic carbocycles. The first-order valence-corrected chi connectivity index (χ1v) is 8.37. The first-order valence-electron chi connectivity index (χ1n) is 7.99. The third kappa shape index (κ3) is 3.12. The molecule has 2 aromatic rings. The second-order valence-corrected chi connectivity index (χ2v) is 7.21. The normalized spacial score (nSPS) is 24.6. The predicted octanol–water partition coefficient (Wildman–Crippen LogP) is 5.55. The molecule has 3 heteroatoms. The fourth-order valence-electron chi connectivity index (χ4n) is 3.60. The molecular weight excluding hydrogens is 282 g/mol. The zero-order valence-electron chi connectivity index (χ0n) is 12.8. The molecule has 2 nitrogen and oxygen atoms in total. The number of nitrogens with two attached hydrogens (primary N) is 1. The average Bonchev–Trinajstić information content (AvgIpc) is 2.89. The second kappa shape index (κ2) is 6.02. The number of hydrogen-bond acceptors (Lipinski definition) is 2. The van der Waals surface area contributed by atoms with E-state index in [2.05, 4.69) is 19.9 Å². The smallest absolute Gasteiger partial charge is 0.134 e. The Kier molecular flexibility index (Phi) is 4.28. The van der Waals surface area contributed by atoms with Crippen LogP contribution in [0.25, 0.3) is 11.0 Å². The van der Waals surface area contributed by atoms with Crippen molar-refractivity contribution >= 4 is 22.6 Å². The standard InChI is InChI=1S/C18H24ClNO/c1-11(2)12-3-5-13(6-4-12)18(20)17-10-14-9-15(19)7-8-16(14)21-17/h7-13,18H,3-6,20H2,1-2H3. The van der Waals surface area contributed by atoms with Crippen LogP contribution in [0.15, 0.2) is 28.7 Å². The van der Waals surface area contributed by atoms with Crippen molar-refractivity contribution < 1.29 is 4.42 Å². The molecular formula is C18H24ClNO. The summed E-state index contributed by atoms with van der Waals surface area (Å²) in [6.45, 7) is 4.65. The van der Waals surface area contributed by atoms with E-state index in [1.165, 1.54) is 25.7 Å². The number of rotatable bonds is 3. The van der Waals surface area contributed by atoms with Crippen LogP contribution in [0.2, 0.25) is 5.02 Å². The van der Waals surface area contributed by atoms with Crippen LogP contribution in [0.5, 0.6) is 0 Å². The minimum Gasteiger partial charge on any atom is -0.459 e. The van der Waals surface area contributed by atoms with Crippen molar-refractivity contribution in [2.75, 3.05) is 0 Å². The van der Waals surface area contributed by atoms with Gasteiger partial charge in [-0.15, -0.1) is 0 Å². The highest BCUT2D eigenvalue weighted by Crippen LogP contribution is 2.39. The molecule has 0 amide bonds. The largest absolute Gasteiger partial charge is 0.459 e. The Morgan fingerprint density at radius 3 is 2.43 bits per heavy atom. The molecule has 0 radical (unpaired) electrons. The molecule has 114 valence electrons. The van der Waals surface area contributed by atoms with Crippen molar-refractivity contribution in [1.82, 2.24) is 0 Å². The maximum absolute atomic E-state index is 6.47. The summed E-state index contributed by atoms with van der Waals surface area (Å²) >= 11 is 6.03. The SMILES string of the molecule is CC(C)C1CCC(C(N)c2cc3cc(Cl)ccc3o2)CC1. The maximum atomic E-state index is 6.47. The molecule has 3 rings (SSSR count). The van der Waals surface area contributed by atoms with Crippen LogP contribution >= 0.6 is 11.6 Å². The number of benzene rings is 1. The van der Waals surface area contributed by atoms with E-state index in [0.29, 0.717) is 5.92 Å². The van der Waals surface area contributed by atoms with E-state index in [9.17, 15) is 0 Å². The molecule has 0 spiro atoms. The van der Waals surface area contributed by atoms with E-state index >= 15 is 0 Å². The molecule has 21 heavy (non-hydrogen) atoms. The Hall–Kier alpha value is -0.990. The molecule has 1 aliphatic rings. The number of halogens is 1. The number of furan rings is 1. The summed E-state index contributed by atoms with van der Waals surface area (Å²) in [6, 6.07) is 7.77. The van der Waals surface area contributed by atoms with Crippen LogP contribution < -0.4 is 5.73 Å². The minimum atomic E-state index is 0.00397. The minimum absolute atomic E-state index is 0.00397. The Bertz CT molecular complexity index is 611. The fourth-order valence-corrected chi connectivity index (χ4v) is 3.78. The average molecular weight is 306 g/mol. The third-order valence-electron chi connectivity index (χ3n) is 5.09. The molecule has 1 atom stereocenters. The molecule has 1 heterocycles. The van der Waals surface area contributed by atoms with Gasteiger partial charge in [-0.1, -0.05) is 25.4 Å². The van der Waals surface area contributed by atoms with Crippen molar-refractivity contribution in [2.24, 2.45) is 23.5 Å². The van der Waals surface area contributed by atoms with Crippen molar-refractivity contribution in [3.8, 4) is 0 Å². The van der Waals surface area contributed by atoms with Gasteiger partial charge in [0.2, 0.25) is 0 Å². The van der Waals surface area contributed by atoms with E-state index < -0.39 is 0 Å². The van der Waals surface area contributed by atoms with Crippen molar-refractivity contribution in [3.63, 3.8) is 0 Å². The predicted molar refractivity (Wildman–Crippen MR) is 88.4 cm³/mol. The first kappa shape index (κ1) is 14.9. The van der Waals surface area contributed by atoms with E-state index in [0.717, 1.165) is 33.6 Å². The Labute approximate surface area is 131 Å². The molecule has 1 aromatic heterocycles. The lowest BCUT2D eigenvalue weighted by molar-refractivity contribution is 0.195. The summed E-state index contributed by atoms with van der Waals surface area (Å²) < 4.78 is 5.93. The molecule has 0 saturated heterocycles. The molecule has 2 N–H and O–H groups in total. The van der Waals surface area contributed by atoms with Gasteiger partial charge in [0.1, 0.15) is 11.3 Å². The van der Waals surface area contributed by atoms with Gasteiger partial charge in [0.25, 0.3) is 0 Å². The van der Waals surface area contributed by atoms with Crippen LogP contribution in [0.3, 0.4) is 0 Å². The summed E-state index contributed by atoms with van der Waals surface area (Å²) in [7, 11) is 0. The summed E-state index contributed by atoms with van der Waals surface area (Å²) in [5.74, 6) is 3.09. The van der Waals surface area contributed by atoms with Crippen molar-refractivity contribution in [2.45, 2.75) is 45.6 Å². The summed E-state index contributed by atoms with van der Waals surface area (Å²) in [4.78, 5) is 0. The van der Waals surface area contributed by atoms with Gasteiger partial charge in [0.15, 0.2) is 0 Å². The molecule has 1 fully saturated rings. The van der Waals surface area contributed by atoms with E-state index in [-0.39, 0.29) is 6.04 Å². The quantitative estimate of drug-likeness (QED) is 0.807. The highest BCUT2D eigenvalue weighted by atomic mass is 35.5. The van der Waals surface area contributed by atoms with Crippen LogP contribution in [-0.2, 0) is 0 Å². The number of hydrogen-bond donors (Lipinski definition) is 1. The van der Waals surface area contributed by atoms with Gasteiger partial charge in [-0.2, -0.15) is 0 Å². The zero-order valence-corrected chi connectivity index (χ0v) is 13.6. The maximum Gasteiger partial charge on any atom is 0.134 e. The Morgan fingerprint density at radius 2 is 1.76 bits per heavy atom. The van der Waals surface area contributed by atoms with Gasteiger partial charge < -0.3 is 10.2 Å². The van der Waals surface area contributed by atoms with Gasteiger partial charge in [0, 0.05) is 10.4 Å². The second-order valence-electron chi connectivity index (χ2n) is 6.78. The molecule has 0 bridgehead atoms. The van der Waals surface area contributed by atoms with Crippen LogP contribution in [-0.4, -0.2) is 0 Å². The summed E-state index contributed by atoms with van der Waals surface area (Å²) in [6.07, 6.45) is 5.01. The fraction of sp³-hybridized carbons (Fsp3) is 0.556. The van der Waals surface area contributed by atoms with Crippen LogP contribution in [0, 0.1) is 17.8 Å². The lowest BCUT2D eigenvalue weighted by Gasteiger charge is -2.33. The number of fused-ring (bicyclic) bond motifs is 1. The highest BCUT2D eigenvalue weighted by molar-refractivity contribution is 6.31. The van der Waals surface area contributed by atoms with Gasteiger partial charge >= 0.3 is 0 Å². The van der Waals surface area contributed by atoms with Crippen molar-refractivity contribution in [3.05, 3.63) is 35.0 Å². The van der Waals surface area contributed by atoms with Crippen molar-refractivity contribution in [1.29, 1.82) is 0 Å². The molecule has 0 aliphatic heterocycles.